The molecule has 0 bridgehead atoms. The van der Waals surface area contributed by atoms with E-state index in [0.29, 0.717) is 6.54 Å². The van der Waals surface area contributed by atoms with Gasteiger partial charge in [0.25, 0.3) is 5.91 Å². The van der Waals surface area contributed by atoms with E-state index in [2.05, 4.69) is 15.3 Å². The molecule has 0 saturated heterocycles. The number of halogens is 1. The number of nitrogens with zero attached hydrogens (tertiary/aromatic N) is 3. The predicted molar refractivity (Wildman–Crippen MR) is 63.4 cm³/mol. The minimum Gasteiger partial charge on any atom is -0.348 e. The van der Waals surface area contributed by atoms with Gasteiger partial charge in [-0.3, -0.25) is 4.79 Å². The van der Waals surface area contributed by atoms with Crippen molar-refractivity contribution in [3.63, 3.8) is 0 Å². The summed E-state index contributed by atoms with van der Waals surface area (Å²) in [6.45, 7) is 2.48. The smallest absolute Gasteiger partial charge is 0.251 e. The highest BCUT2D eigenvalue weighted by atomic mass is 19.1. The van der Waals surface area contributed by atoms with Crippen LogP contribution in [-0.4, -0.2) is 26.5 Å². The number of nitrogens with one attached hydrogen (secondary N) is 1. The van der Waals surface area contributed by atoms with Gasteiger partial charge in [-0.2, -0.15) is 4.39 Å². The lowest BCUT2D eigenvalue weighted by Gasteiger charge is -2.14. The molecule has 0 fully saturated rings. The standard InChI is InChI=1S/C12H13FN4O/c1-9(7-17-5-4-14-8-17)16-12(18)10-2-3-15-11(13)6-10/h2-6,8-9H,7H2,1H3,(H,16,18). The highest BCUT2D eigenvalue weighted by Gasteiger charge is 2.10. The summed E-state index contributed by atoms with van der Waals surface area (Å²) in [5.41, 5.74) is 0.264. The average molecular weight is 248 g/mol. The maximum atomic E-state index is 12.9. The van der Waals surface area contributed by atoms with Crippen LogP contribution in [0.1, 0.15) is 17.3 Å². The molecule has 0 aliphatic heterocycles. The van der Waals surface area contributed by atoms with Gasteiger partial charge in [0.05, 0.1) is 6.33 Å². The number of amides is 1. The van der Waals surface area contributed by atoms with E-state index in [9.17, 15) is 9.18 Å². The largest absolute Gasteiger partial charge is 0.348 e. The first-order valence-corrected chi connectivity index (χ1v) is 5.53. The molecule has 2 rings (SSSR count). The Morgan fingerprint density at radius 2 is 2.39 bits per heavy atom. The van der Waals surface area contributed by atoms with Crippen molar-refractivity contribution < 1.29 is 9.18 Å². The lowest BCUT2D eigenvalue weighted by Crippen LogP contribution is -2.35. The van der Waals surface area contributed by atoms with Crippen LogP contribution in [0.2, 0.25) is 0 Å². The van der Waals surface area contributed by atoms with Gasteiger partial charge in [-0.25, -0.2) is 9.97 Å². The molecule has 5 nitrogen and oxygen atoms in total. The molecule has 94 valence electrons. The van der Waals surface area contributed by atoms with Gasteiger partial charge in [-0.1, -0.05) is 0 Å². The first kappa shape index (κ1) is 12.2. The molecule has 1 amide bonds. The van der Waals surface area contributed by atoms with Crippen LogP contribution in [0.3, 0.4) is 0 Å². The van der Waals surface area contributed by atoms with E-state index < -0.39 is 5.95 Å². The number of hydrogen-bond donors (Lipinski definition) is 1. The molecule has 0 radical (unpaired) electrons. The zero-order chi connectivity index (χ0) is 13.0. The van der Waals surface area contributed by atoms with Crippen molar-refractivity contribution in [2.24, 2.45) is 0 Å². The molecule has 6 heteroatoms. The van der Waals surface area contributed by atoms with E-state index in [0.717, 1.165) is 6.07 Å². The number of hydrogen-bond acceptors (Lipinski definition) is 3. The summed E-state index contributed by atoms with van der Waals surface area (Å²) in [4.78, 5) is 19.1. The van der Waals surface area contributed by atoms with Gasteiger partial charge in [-0.05, 0) is 13.0 Å². The number of pyridine rings is 1. The quantitative estimate of drug-likeness (QED) is 0.828. The first-order valence-electron chi connectivity index (χ1n) is 5.53. The third kappa shape index (κ3) is 3.13. The van der Waals surface area contributed by atoms with Crippen LogP contribution in [0, 0.1) is 5.95 Å². The summed E-state index contributed by atoms with van der Waals surface area (Å²) >= 11 is 0. The fourth-order valence-corrected chi connectivity index (χ4v) is 1.61. The van der Waals surface area contributed by atoms with Crippen molar-refractivity contribution in [1.82, 2.24) is 19.9 Å². The van der Waals surface area contributed by atoms with Crippen molar-refractivity contribution in [3.05, 3.63) is 48.6 Å². The second kappa shape index (κ2) is 5.39. The molecule has 1 N–H and O–H groups in total. The van der Waals surface area contributed by atoms with Crippen molar-refractivity contribution in [1.29, 1.82) is 0 Å². The van der Waals surface area contributed by atoms with Gasteiger partial charge in [0.2, 0.25) is 5.95 Å². The lowest BCUT2D eigenvalue weighted by molar-refractivity contribution is 0.0936. The third-order valence-electron chi connectivity index (χ3n) is 2.41. The Morgan fingerprint density at radius 3 is 3.06 bits per heavy atom. The molecule has 0 aliphatic rings. The Bertz CT molecular complexity index is 527. The van der Waals surface area contributed by atoms with Crippen LogP contribution in [0.25, 0.3) is 0 Å². The summed E-state index contributed by atoms with van der Waals surface area (Å²) in [5, 5.41) is 2.78. The summed E-state index contributed by atoms with van der Waals surface area (Å²) in [7, 11) is 0. The normalized spacial score (nSPS) is 12.1. The van der Waals surface area contributed by atoms with E-state index in [1.165, 1.54) is 12.3 Å². The Kier molecular flexibility index (Phi) is 3.66. The zero-order valence-corrected chi connectivity index (χ0v) is 9.88. The molecule has 2 heterocycles. The second-order valence-electron chi connectivity index (χ2n) is 4.00. The number of aromatic nitrogens is 3. The molecule has 18 heavy (non-hydrogen) atoms. The van der Waals surface area contributed by atoms with E-state index in [1.807, 2.05) is 17.7 Å². The van der Waals surface area contributed by atoms with Crippen molar-refractivity contribution in [2.45, 2.75) is 19.5 Å². The minimum absolute atomic E-state index is 0.0806. The van der Waals surface area contributed by atoms with Crippen molar-refractivity contribution in [2.75, 3.05) is 0 Å². The molecule has 1 unspecified atom stereocenters. The van der Waals surface area contributed by atoms with Crippen LogP contribution in [0.15, 0.2) is 37.1 Å². The van der Waals surface area contributed by atoms with Gasteiger partial charge in [0.15, 0.2) is 0 Å². The van der Waals surface area contributed by atoms with Gasteiger partial charge >= 0.3 is 0 Å². The number of carbonyl (C=O) groups is 1. The Labute approximate surface area is 104 Å². The molecule has 2 aromatic rings. The fourth-order valence-electron chi connectivity index (χ4n) is 1.61. The molecule has 0 aromatic carbocycles. The molecule has 0 saturated carbocycles. The topological polar surface area (TPSA) is 59.8 Å². The number of rotatable bonds is 4. The van der Waals surface area contributed by atoms with Crippen molar-refractivity contribution >= 4 is 5.91 Å². The lowest BCUT2D eigenvalue weighted by atomic mass is 10.2. The molecular formula is C12H13FN4O. The van der Waals surface area contributed by atoms with E-state index >= 15 is 0 Å². The maximum Gasteiger partial charge on any atom is 0.251 e. The average Bonchev–Trinajstić information content (AvgIpc) is 2.81. The Morgan fingerprint density at radius 1 is 1.56 bits per heavy atom. The molecule has 2 aromatic heterocycles. The van der Waals surface area contributed by atoms with Crippen LogP contribution in [0.4, 0.5) is 4.39 Å². The second-order valence-corrected chi connectivity index (χ2v) is 4.00. The highest BCUT2D eigenvalue weighted by Crippen LogP contribution is 2.01. The SMILES string of the molecule is CC(Cn1ccnc1)NC(=O)c1ccnc(F)c1. The van der Waals surface area contributed by atoms with E-state index in [1.54, 1.807) is 12.5 Å². The van der Waals surface area contributed by atoms with Gasteiger partial charge in [0.1, 0.15) is 0 Å². The summed E-state index contributed by atoms with van der Waals surface area (Å²) in [6, 6.07) is 2.50. The van der Waals surface area contributed by atoms with E-state index in [4.69, 9.17) is 0 Å². The molecule has 1 atom stereocenters. The van der Waals surface area contributed by atoms with Crippen LogP contribution >= 0.6 is 0 Å². The monoisotopic (exact) mass is 248 g/mol. The van der Waals surface area contributed by atoms with Crippen LogP contribution in [0.5, 0.6) is 0 Å². The van der Waals surface area contributed by atoms with Crippen molar-refractivity contribution in [3.8, 4) is 0 Å². The molecular weight excluding hydrogens is 235 g/mol. The zero-order valence-electron chi connectivity index (χ0n) is 9.88. The van der Waals surface area contributed by atoms with Crippen LogP contribution < -0.4 is 5.32 Å². The summed E-state index contributed by atoms with van der Waals surface area (Å²) in [5.74, 6) is -0.978. The predicted octanol–water partition coefficient (Wildman–Crippen LogP) is 1.24. The highest BCUT2D eigenvalue weighted by molar-refractivity contribution is 5.94. The summed E-state index contributed by atoms with van der Waals surface area (Å²) < 4.78 is 14.7. The molecule has 0 aliphatic carbocycles. The minimum atomic E-state index is -0.662. The Hall–Kier alpha value is -2.24. The first-order chi connectivity index (χ1) is 8.65. The number of imidazole rings is 1. The van der Waals surface area contributed by atoms with Gasteiger partial charge in [-0.15, -0.1) is 0 Å². The van der Waals surface area contributed by atoms with Crippen LogP contribution in [-0.2, 0) is 6.54 Å². The van der Waals surface area contributed by atoms with Gasteiger partial charge in [0, 0.05) is 42.8 Å². The molecule has 0 spiro atoms. The van der Waals surface area contributed by atoms with Gasteiger partial charge < -0.3 is 9.88 Å². The number of carbonyl (C=O) groups excluding carboxylic acids is 1. The fraction of sp³-hybridized carbons (Fsp3) is 0.250. The summed E-state index contributed by atoms with van der Waals surface area (Å²) in [6.07, 6.45) is 6.43. The van der Waals surface area contributed by atoms with E-state index in [-0.39, 0.29) is 17.5 Å². The third-order valence-corrected chi connectivity index (χ3v) is 2.41. The maximum absolute atomic E-state index is 12.9. The Balaban J connectivity index is 1.95.